The van der Waals surface area contributed by atoms with Crippen LogP contribution in [0.4, 0.5) is 5.88 Å². The van der Waals surface area contributed by atoms with E-state index in [0.717, 1.165) is 24.2 Å². The summed E-state index contributed by atoms with van der Waals surface area (Å²) in [6.07, 6.45) is 3.68. The van der Waals surface area contributed by atoms with Gasteiger partial charge in [0.2, 0.25) is 17.5 Å². The van der Waals surface area contributed by atoms with E-state index in [2.05, 4.69) is 59.4 Å². The number of nitriles is 1. The molecule has 3 aromatic carbocycles. The fourth-order valence-corrected chi connectivity index (χ4v) is 5.28. The molecule has 1 saturated heterocycles. The number of nitrogens with one attached hydrogen (secondary N) is 1. The standard InChI is InChI=1S/C33H35ClN4O2/c1-23(2)24-10-12-25(13-11-24)31(38-18-6-3-7-19-38)21-36-33-30(20-35)37-32(40-33)26-14-16-28(17-15-26)39-22-27-8-4-5-9-29(27)34/h4-5,8-17,23,31,36H,3,6-7,18-19,21-22H2,1-2H3/t31-/m1/s1. The summed E-state index contributed by atoms with van der Waals surface area (Å²) in [5, 5.41) is 13.9. The maximum absolute atomic E-state index is 9.78. The highest BCUT2D eigenvalue weighted by Gasteiger charge is 2.24. The zero-order chi connectivity index (χ0) is 27.9. The van der Waals surface area contributed by atoms with E-state index in [1.54, 1.807) is 0 Å². The Morgan fingerprint density at radius 1 is 0.975 bits per heavy atom. The third-order valence-electron chi connectivity index (χ3n) is 7.46. The predicted molar refractivity (Wildman–Crippen MR) is 160 cm³/mol. The van der Waals surface area contributed by atoms with Crippen LogP contribution in [0, 0.1) is 11.3 Å². The first-order chi connectivity index (χ1) is 19.5. The van der Waals surface area contributed by atoms with E-state index in [1.165, 1.54) is 30.4 Å². The number of anilines is 1. The second-order valence-electron chi connectivity index (χ2n) is 10.5. The molecule has 0 radical (unpaired) electrons. The first-order valence-electron chi connectivity index (χ1n) is 14.0. The Bertz CT molecular complexity index is 1430. The molecule has 0 saturated carbocycles. The van der Waals surface area contributed by atoms with E-state index in [9.17, 15) is 5.26 Å². The number of rotatable bonds is 10. The molecule has 1 fully saturated rings. The van der Waals surface area contributed by atoms with Crippen LogP contribution in [0.5, 0.6) is 5.75 Å². The van der Waals surface area contributed by atoms with Crippen molar-refractivity contribution in [2.45, 2.75) is 51.7 Å². The van der Waals surface area contributed by atoms with Crippen molar-refractivity contribution >= 4 is 17.5 Å². The minimum atomic E-state index is 0.177. The van der Waals surface area contributed by atoms with Crippen LogP contribution in [0.2, 0.25) is 5.02 Å². The summed E-state index contributed by atoms with van der Waals surface area (Å²) in [4.78, 5) is 7.00. The van der Waals surface area contributed by atoms with Gasteiger partial charge in [0.05, 0.1) is 6.04 Å². The van der Waals surface area contributed by atoms with E-state index in [0.29, 0.717) is 41.6 Å². The molecule has 6 nitrogen and oxygen atoms in total. The fourth-order valence-electron chi connectivity index (χ4n) is 5.09. The zero-order valence-electron chi connectivity index (χ0n) is 23.1. The number of likely N-dealkylation sites (tertiary alicyclic amines) is 1. The molecule has 0 aliphatic carbocycles. The maximum Gasteiger partial charge on any atom is 0.232 e. The van der Waals surface area contributed by atoms with Crippen LogP contribution < -0.4 is 10.1 Å². The van der Waals surface area contributed by atoms with Crippen LogP contribution >= 0.6 is 11.6 Å². The lowest BCUT2D eigenvalue weighted by atomic mass is 9.97. The van der Waals surface area contributed by atoms with Crippen molar-refractivity contribution in [3.05, 3.63) is 100 Å². The van der Waals surface area contributed by atoms with Crippen LogP contribution in [0.25, 0.3) is 11.5 Å². The van der Waals surface area contributed by atoms with Gasteiger partial charge < -0.3 is 14.5 Å². The molecule has 0 unspecified atom stereocenters. The molecule has 1 aliphatic rings. The van der Waals surface area contributed by atoms with Crippen molar-refractivity contribution in [1.82, 2.24) is 9.88 Å². The van der Waals surface area contributed by atoms with Crippen LogP contribution in [0.15, 0.2) is 77.2 Å². The van der Waals surface area contributed by atoms with Crippen molar-refractivity contribution in [3.63, 3.8) is 0 Å². The fraction of sp³-hybridized carbons (Fsp3) is 0.333. The van der Waals surface area contributed by atoms with E-state index >= 15 is 0 Å². The third kappa shape index (κ3) is 6.67. The summed E-state index contributed by atoms with van der Waals surface area (Å²) in [6, 6.07) is 26.4. The molecule has 5 rings (SSSR count). The van der Waals surface area contributed by atoms with Crippen molar-refractivity contribution in [2.24, 2.45) is 0 Å². The second-order valence-corrected chi connectivity index (χ2v) is 10.9. The number of oxazole rings is 1. The number of benzene rings is 3. The van der Waals surface area contributed by atoms with Crippen molar-refractivity contribution < 1.29 is 9.15 Å². The molecule has 0 bridgehead atoms. The smallest absolute Gasteiger partial charge is 0.232 e. The molecule has 1 aliphatic heterocycles. The molecule has 1 atom stereocenters. The molecule has 0 spiro atoms. The zero-order valence-corrected chi connectivity index (χ0v) is 23.8. The van der Waals surface area contributed by atoms with E-state index in [4.69, 9.17) is 20.8 Å². The van der Waals surface area contributed by atoms with Crippen molar-refractivity contribution in [2.75, 3.05) is 25.0 Å². The number of aromatic nitrogens is 1. The van der Waals surface area contributed by atoms with Crippen molar-refractivity contribution in [3.8, 4) is 23.3 Å². The predicted octanol–water partition coefficient (Wildman–Crippen LogP) is 8.21. The number of halogens is 1. The third-order valence-corrected chi connectivity index (χ3v) is 7.83. The van der Waals surface area contributed by atoms with Crippen LogP contribution in [0.3, 0.4) is 0 Å². The average molecular weight is 555 g/mol. The quantitative estimate of drug-likeness (QED) is 0.213. The first kappa shape index (κ1) is 27.8. The lowest BCUT2D eigenvalue weighted by Gasteiger charge is -2.35. The Balaban J connectivity index is 1.29. The highest BCUT2D eigenvalue weighted by molar-refractivity contribution is 6.31. The summed E-state index contributed by atoms with van der Waals surface area (Å²) in [5.74, 6) is 2.00. The Kier molecular flexibility index (Phi) is 9.05. The molecule has 7 heteroatoms. The van der Waals surface area contributed by atoms with Crippen LogP contribution in [-0.4, -0.2) is 29.5 Å². The van der Waals surface area contributed by atoms with Gasteiger partial charge in [-0.25, -0.2) is 0 Å². The number of piperidine rings is 1. The van der Waals surface area contributed by atoms with Crippen LogP contribution in [-0.2, 0) is 6.61 Å². The van der Waals surface area contributed by atoms with Gasteiger partial charge in [-0.1, -0.05) is 74.3 Å². The minimum Gasteiger partial charge on any atom is -0.489 e. The van der Waals surface area contributed by atoms with Gasteiger partial charge in [0.15, 0.2) is 0 Å². The monoisotopic (exact) mass is 554 g/mol. The Labute approximate surface area is 241 Å². The molecule has 206 valence electrons. The summed E-state index contributed by atoms with van der Waals surface area (Å²) < 4.78 is 12.0. The normalized spacial score (nSPS) is 14.6. The van der Waals surface area contributed by atoms with E-state index < -0.39 is 0 Å². The molecule has 2 heterocycles. The van der Waals surface area contributed by atoms with E-state index in [-0.39, 0.29) is 11.7 Å². The second kappa shape index (κ2) is 13.0. The lowest BCUT2D eigenvalue weighted by Crippen LogP contribution is -2.37. The maximum atomic E-state index is 9.78. The molecule has 0 amide bonds. The van der Waals surface area contributed by atoms with Gasteiger partial charge >= 0.3 is 0 Å². The summed E-state index contributed by atoms with van der Waals surface area (Å²) in [5.41, 5.74) is 4.55. The van der Waals surface area contributed by atoms with Crippen LogP contribution in [0.1, 0.15) is 67.5 Å². The van der Waals surface area contributed by atoms with Gasteiger partial charge in [-0.15, -0.1) is 0 Å². The molecular weight excluding hydrogens is 520 g/mol. The van der Waals surface area contributed by atoms with Gasteiger partial charge in [-0.2, -0.15) is 10.2 Å². The Hall–Kier alpha value is -3.79. The summed E-state index contributed by atoms with van der Waals surface area (Å²) in [7, 11) is 0. The van der Waals surface area contributed by atoms with Gasteiger partial charge in [0.25, 0.3) is 0 Å². The Morgan fingerprint density at radius 2 is 1.68 bits per heavy atom. The van der Waals surface area contributed by atoms with E-state index in [1.807, 2.05) is 48.5 Å². The Morgan fingerprint density at radius 3 is 2.35 bits per heavy atom. The van der Waals surface area contributed by atoms with Gasteiger partial charge in [-0.05, 0) is 73.3 Å². The molecule has 1 aromatic heterocycles. The number of ether oxygens (including phenoxy) is 1. The summed E-state index contributed by atoms with van der Waals surface area (Å²) >= 11 is 6.23. The first-order valence-corrected chi connectivity index (χ1v) is 14.3. The molecule has 1 N–H and O–H groups in total. The number of nitrogens with zero attached hydrogens (tertiary/aromatic N) is 3. The SMILES string of the molecule is CC(C)c1ccc([C@@H](CNc2oc(-c3ccc(OCc4ccccc4Cl)cc3)nc2C#N)N2CCCCC2)cc1. The highest BCUT2D eigenvalue weighted by atomic mass is 35.5. The molecule has 4 aromatic rings. The molecule has 40 heavy (non-hydrogen) atoms. The number of hydrogen-bond acceptors (Lipinski definition) is 6. The summed E-state index contributed by atoms with van der Waals surface area (Å²) in [6.45, 7) is 7.56. The molecular formula is C33H35ClN4O2. The number of hydrogen-bond donors (Lipinski definition) is 1. The van der Waals surface area contributed by atoms with Gasteiger partial charge in [0.1, 0.15) is 18.4 Å². The topological polar surface area (TPSA) is 74.3 Å². The van der Waals surface area contributed by atoms with Gasteiger partial charge in [-0.3, -0.25) is 4.90 Å². The van der Waals surface area contributed by atoms with Gasteiger partial charge in [0, 0.05) is 22.7 Å². The average Bonchev–Trinajstić information content (AvgIpc) is 3.41. The minimum absolute atomic E-state index is 0.177. The van der Waals surface area contributed by atoms with Crippen molar-refractivity contribution in [1.29, 1.82) is 5.26 Å². The highest BCUT2D eigenvalue weighted by Crippen LogP contribution is 2.30. The lowest BCUT2D eigenvalue weighted by molar-refractivity contribution is 0.170. The largest absolute Gasteiger partial charge is 0.489 e.